The van der Waals surface area contributed by atoms with E-state index in [4.69, 9.17) is 4.42 Å². The van der Waals surface area contributed by atoms with Crippen molar-refractivity contribution < 1.29 is 19.1 Å². The molecule has 8 heteroatoms. The van der Waals surface area contributed by atoms with Gasteiger partial charge in [-0.1, -0.05) is 18.2 Å². The highest BCUT2D eigenvalue weighted by molar-refractivity contribution is 6.00. The number of rotatable bonds is 4. The topological polar surface area (TPSA) is 108 Å². The Morgan fingerprint density at radius 2 is 2.16 bits per heavy atom. The number of aliphatic hydroxyl groups is 1. The quantitative estimate of drug-likeness (QED) is 0.560. The summed E-state index contributed by atoms with van der Waals surface area (Å²) < 4.78 is 5.89. The maximum Gasteiger partial charge on any atom is 0.259 e. The Bertz CT molecular complexity index is 1200. The third-order valence-corrected chi connectivity index (χ3v) is 5.37. The van der Waals surface area contributed by atoms with Crippen LogP contribution in [0.5, 0.6) is 0 Å². The number of hydrogen-bond acceptors (Lipinski definition) is 6. The number of amides is 2. The number of carbonyl (C=O) groups is 2. The van der Waals surface area contributed by atoms with Gasteiger partial charge in [-0.25, -0.2) is 4.98 Å². The highest BCUT2D eigenvalue weighted by Gasteiger charge is 2.33. The SMILES string of the molecule is Cc1c(CN(C)C(=O)/C=C/c2cnc3c(c2)NC[C@@](C)(O)C(=O)N3)oc2ccccc12. The fraction of sp³-hybridized carbons (Fsp3) is 0.261. The number of likely N-dealkylation sites (N-methyl/N-ethyl adjacent to an activating group) is 1. The van der Waals surface area contributed by atoms with Crippen LogP contribution in [0, 0.1) is 6.92 Å². The first kappa shape index (κ1) is 20.6. The summed E-state index contributed by atoms with van der Waals surface area (Å²) in [5.74, 6) is 0.388. The molecule has 0 saturated heterocycles. The highest BCUT2D eigenvalue weighted by Crippen LogP contribution is 2.27. The first-order chi connectivity index (χ1) is 14.7. The van der Waals surface area contributed by atoms with Gasteiger partial charge in [0, 0.05) is 30.3 Å². The molecular formula is C23H24N4O4. The third-order valence-electron chi connectivity index (χ3n) is 5.37. The van der Waals surface area contributed by atoms with Crippen LogP contribution in [0.3, 0.4) is 0 Å². The zero-order valence-corrected chi connectivity index (χ0v) is 17.6. The van der Waals surface area contributed by atoms with Crippen molar-refractivity contribution in [3.8, 4) is 0 Å². The van der Waals surface area contributed by atoms with Crippen molar-refractivity contribution in [2.75, 3.05) is 24.2 Å². The zero-order chi connectivity index (χ0) is 22.2. The molecule has 0 saturated carbocycles. The summed E-state index contributed by atoms with van der Waals surface area (Å²) in [4.78, 5) is 30.4. The van der Waals surface area contributed by atoms with E-state index < -0.39 is 11.5 Å². The molecule has 1 aromatic carbocycles. The van der Waals surface area contributed by atoms with Crippen LogP contribution >= 0.6 is 0 Å². The standard InChI is InChI=1S/C23H24N4O4/c1-14-16-6-4-5-7-18(16)31-19(14)12-27(3)20(28)9-8-15-10-17-21(24-11-15)26-22(29)23(2,30)13-25-17/h4-11,25,30H,12-13H2,1-3H3,(H,24,26,29)/b9-8+/t23-/m1/s1. The van der Waals surface area contributed by atoms with Crippen molar-refractivity contribution in [2.24, 2.45) is 0 Å². The Hall–Kier alpha value is -3.65. The molecule has 4 rings (SSSR count). The largest absolute Gasteiger partial charge is 0.459 e. The Kier molecular flexibility index (Phi) is 5.24. The van der Waals surface area contributed by atoms with Gasteiger partial charge in [0.2, 0.25) is 5.91 Å². The van der Waals surface area contributed by atoms with Crippen LogP contribution in [0.25, 0.3) is 17.0 Å². The van der Waals surface area contributed by atoms with Crippen molar-refractivity contribution in [3.63, 3.8) is 0 Å². The summed E-state index contributed by atoms with van der Waals surface area (Å²) in [6.07, 6.45) is 4.67. The van der Waals surface area contributed by atoms with Gasteiger partial charge in [0.1, 0.15) is 11.3 Å². The number of pyridine rings is 1. The average molecular weight is 420 g/mol. The summed E-state index contributed by atoms with van der Waals surface area (Å²) in [5.41, 5.74) is 1.55. The molecule has 0 fully saturated rings. The van der Waals surface area contributed by atoms with Gasteiger partial charge < -0.3 is 25.1 Å². The fourth-order valence-electron chi connectivity index (χ4n) is 3.36. The normalized spacial score (nSPS) is 18.4. The number of nitrogens with zero attached hydrogens (tertiary/aromatic N) is 2. The number of carbonyl (C=O) groups excluding carboxylic acids is 2. The first-order valence-electron chi connectivity index (χ1n) is 9.92. The van der Waals surface area contributed by atoms with Crippen molar-refractivity contribution in [1.82, 2.24) is 9.88 Å². The van der Waals surface area contributed by atoms with E-state index in [1.807, 2.05) is 31.2 Å². The molecule has 31 heavy (non-hydrogen) atoms. The van der Waals surface area contributed by atoms with Gasteiger partial charge in [-0.15, -0.1) is 0 Å². The molecule has 1 atom stereocenters. The highest BCUT2D eigenvalue weighted by atomic mass is 16.3. The Balaban J connectivity index is 1.46. The molecule has 2 aromatic heterocycles. The van der Waals surface area contributed by atoms with Gasteiger partial charge >= 0.3 is 0 Å². The number of hydrogen-bond donors (Lipinski definition) is 3. The number of anilines is 2. The van der Waals surface area contributed by atoms with Crippen LogP contribution < -0.4 is 10.6 Å². The number of furan rings is 1. The minimum Gasteiger partial charge on any atom is -0.459 e. The van der Waals surface area contributed by atoms with E-state index in [0.717, 1.165) is 22.3 Å². The molecule has 0 unspecified atom stereocenters. The molecule has 1 aliphatic heterocycles. The first-order valence-corrected chi connectivity index (χ1v) is 9.92. The van der Waals surface area contributed by atoms with E-state index in [0.29, 0.717) is 23.6 Å². The van der Waals surface area contributed by atoms with Crippen LogP contribution in [-0.2, 0) is 16.1 Å². The molecule has 3 N–H and O–H groups in total. The Morgan fingerprint density at radius 1 is 1.39 bits per heavy atom. The van der Waals surface area contributed by atoms with E-state index in [9.17, 15) is 14.7 Å². The number of aromatic nitrogens is 1. The van der Waals surface area contributed by atoms with Gasteiger partial charge in [0.05, 0.1) is 18.8 Å². The van der Waals surface area contributed by atoms with E-state index >= 15 is 0 Å². The lowest BCUT2D eigenvalue weighted by Crippen LogP contribution is -2.43. The summed E-state index contributed by atoms with van der Waals surface area (Å²) in [6, 6.07) is 9.55. The minimum absolute atomic E-state index is 0.0548. The average Bonchev–Trinajstić information content (AvgIpc) is 3.00. The van der Waals surface area contributed by atoms with Crippen LogP contribution in [0.4, 0.5) is 11.5 Å². The zero-order valence-electron chi connectivity index (χ0n) is 17.6. The van der Waals surface area contributed by atoms with Gasteiger partial charge in [-0.3, -0.25) is 9.59 Å². The van der Waals surface area contributed by atoms with Crippen LogP contribution in [0.1, 0.15) is 23.8 Å². The molecule has 0 aliphatic carbocycles. The lowest BCUT2D eigenvalue weighted by Gasteiger charge is -2.18. The summed E-state index contributed by atoms with van der Waals surface area (Å²) in [5, 5.41) is 16.8. The number of fused-ring (bicyclic) bond motifs is 2. The molecule has 3 aromatic rings. The monoisotopic (exact) mass is 420 g/mol. The van der Waals surface area contributed by atoms with Gasteiger partial charge in [0.25, 0.3) is 5.91 Å². The lowest BCUT2D eigenvalue weighted by molar-refractivity contribution is -0.131. The maximum atomic E-state index is 12.6. The summed E-state index contributed by atoms with van der Waals surface area (Å²) in [7, 11) is 1.72. The molecule has 1 aliphatic rings. The second-order valence-electron chi connectivity index (χ2n) is 7.92. The van der Waals surface area contributed by atoms with E-state index in [1.54, 1.807) is 30.3 Å². The molecule has 8 nitrogen and oxygen atoms in total. The lowest BCUT2D eigenvalue weighted by atomic mass is 10.1. The molecule has 0 bridgehead atoms. The van der Waals surface area contributed by atoms with E-state index in [1.165, 1.54) is 13.0 Å². The third kappa shape index (κ3) is 4.15. The van der Waals surface area contributed by atoms with Crippen molar-refractivity contribution in [2.45, 2.75) is 26.0 Å². The van der Waals surface area contributed by atoms with E-state index in [-0.39, 0.29) is 12.5 Å². The molecule has 3 heterocycles. The number of β-amino-alcohol motifs (C(OH)–C–C–N with tert-alkyl or cyclic N) is 1. The van der Waals surface area contributed by atoms with E-state index in [2.05, 4.69) is 15.6 Å². The van der Waals surface area contributed by atoms with Crippen LogP contribution in [-0.4, -0.2) is 46.0 Å². The summed E-state index contributed by atoms with van der Waals surface area (Å²) in [6.45, 7) is 3.83. The van der Waals surface area contributed by atoms with Crippen molar-refractivity contribution in [3.05, 3.63) is 59.5 Å². The number of nitrogens with one attached hydrogen (secondary N) is 2. The van der Waals surface area contributed by atoms with Gasteiger partial charge in [0.15, 0.2) is 11.4 Å². The second-order valence-corrected chi connectivity index (χ2v) is 7.92. The van der Waals surface area contributed by atoms with Crippen LogP contribution in [0.15, 0.2) is 47.0 Å². The molecule has 2 amide bonds. The number of aryl methyl sites for hydroxylation is 1. The fourth-order valence-corrected chi connectivity index (χ4v) is 3.36. The Morgan fingerprint density at radius 3 is 2.94 bits per heavy atom. The minimum atomic E-state index is -1.54. The predicted octanol–water partition coefficient (Wildman–Crippen LogP) is 2.92. The van der Waals surface area contributed by atoms with Crippen LogP contribution in [0.2, 0.25) is 0 Å². The molecule has 0 radical (unpaired) electrons. The predicted molar refractivity (Wildman–Crippen MR) is 118 cm³/mol. The molecular weight excluding hydrogens is 396 g/mol. The van der Waals surface area contributed by atoms with Crippen molar-refractivity contribution in [1.29, 1.82) is 0 Å². The maximum absolute atomic E-state index is 12.6. The molecule has 0 spiro atoms. The Labute approximate surface area is 179 Å². The number of para-hydroxylation sites is 1. The van der Waals surface area contributed by atoms with Gasteiger partial charge in [-0.2, -0.15) is 0 Å². The summed E-state index contributed by atoms with van der Waals surface area (Å²) >= 11 is 0. The van der Waals surface area contributed by atoms with Crippen molar-refractivity contribution >= 4 is 40.4 Å². The smallest absolute Gasteiger partial charge is 0.259 e. The molecule has 160 valence electrons. The second kappa shape index (κ2) is 7.88. The van der Waals surface area contributed by atoms with Gasteiger partial charge in [-0.05, 0) is 37.6 Å². The number of benzene rings is 1.